The number of hydrogen-bond donors (Lipinski definition) is 0. The number of allylic oxidation sites excluding steroid dienone is 2. The molecule has 0 amide bonds. The first-order chi connectivity index (χ1) is 3.66. The van der Waals surface area contributed by atoms with Crippen molar-refractivity contribution in [1.82, 2.24) is 0 Å². The van der Waals surface area contributed by atoms with Crippen LogP contribution in [0, 0.1) is 5.92 Å². The molecule has 0 rings (SSSR count). The summed E-state index contributed by atoms with van der Waals surface area (Å²) in [5.41, 5.74) is 0. The lowest BCUT2D eigenvalue weighted by Gasteiger charge is -1.91. The maximum absolute atomic E-state index is 9.93. The molecule has 1 nitrogen and oxygen atoms in total. The molecule has 0 aliphatic heterocycles. The van der Waals surface area contributed by atoms with Gasteiger partial charge < -0.3 is 0 Å². The first-order valence-electron chi connectivity index (χ1n) is 2.49. The third kappa shape index (κ3) is 4.06. The highest BCUT2D eigenvalue weighted by atomic mass is 79.9. The predicted molar refractivity (Wildman–Crippen MR) is 37.9 cm³/mol. The number of halogens is 1. The Morgan fingerprint density at radius 2 is 2.12 bits per heavy atom. The van der Waals surface area contributed by atoms with Gasteiger partial charge in [-0.15, -0.1) is 0 Å². The van der Waals surface area contributed by atoms with E-state index in [9.17, 15) is 4.79 Å². The Balaban J connectivity index is 3.74. The number of hydrogen-bond acceptors (Lipinski definition) is 1. The molecule has 0 heterocycles. The lowest BCUT2D eigenvalue weighted by molar-refractivity contribution is -0.104. The fourth-order valence-corrected chi connectivity index (χ4v) is 0.886. The van der Waals surface area contributed by atoms with E-state index in [1.165, 1.54) is 0 Å². The van der Waals surface area contributed by atoms with Crippen molar-refractivity contribution in [3.63, 3.8) is 0 Å². The molecule has 0 atom stereocenters. The van der Waals surface area contributed by atoms with Crippen molar-refractivity contribution in [3.05, 3.63) is 10.6 Å². The Morgan fingerprint density at radius 1 is 1.62 bits per heavy atom. The topological polar surface area (TPSA) is 17.1 Å². The molecule has 0 saturated heterocycles. The quantitative estimate of drug-likeness (QED) is 0.466. The highest BCUT2D eigenvalue weighted by molar-refractivity contribution is 9.12. The van der Waals surface area contributed by atoms with Crippen molar-refractivity contribution in [1.29, 1.82) is 0 Å². The van der Waals surface area contributed by atoms with Crippen LogP contribution in [0.25, 0.3) is 0 Å². The molecule has 0 unspecified atom stereocenters. The summed E-state index contributed by atoms with van der Waals surface area (Å²) < 4.78 is 0.632. The van der Waals surface area contributed by atoms with E-state index < -0.39 is 0 Å². The Bertz CT molecular complexity index is 105. The van der Waals surface area contributed by atoms with Crippen molar-refractivity contribution in [3.8, 4) is 0 Å². The van der Waals surface area contributed by atoms with E-state index in [0.717, 1.165) is 6.29 Å². The van der Waals surface area contributed by atoms with Gasteiger partial charge in [-0.05, 0) is 21.8 Å². The second-order valence-corrected chi connectivity index (χ2v) is 2.83. The summed E-state index contributed by atoms with van der Waals surface area (Å²) in [7, 11) is 0. The van der Waals surface area contributed by atoms with Gasteiger partial charge in [0.05, 0.1) is 4.48 Å². The molecule has 2 heteroatoms. The Kier molecular flexibility index (Phi) is 3.79. The number of rotatable bonds is 2. The summed E-state index contributed by atoms with van der Waals surface area (Å²) in [6.45, 7) is 4.04. The molecule has 0 spiro atoms. The minimum atomic E-state index is 0.439. The lowest BCUT2D eigenvalue weighted by Crippen LogP contribution is -1.80. The maximum atomic E-state index is 9.93. The molecule has 0 N–H and O–H groups in total. The molecule has 0 aromatic carbocycles. The van der Waals surface area contributed by atoms with Gasteiger partial charge in [0.2, 0.25) is 0 Å². The smallest absolute Gasteiger partial charge is 0.156 e. The van der Waals surface area contributed by atoms with Crippen molar-refractivity contribution < 1.29 is 4.79 Å². The first kappa shape index (κ1) is 7.89. The van der Waals surface area contributed by atoms with Crippen LogP contribution >= 0.6 is 15.9 Å². The summed E-state index contributed by atoms with van der Waals surface area (Å²) in [5.74, 6) is 0.439. The molecule has 0 bridgehead atoms. The summed E-state index contributed by atoms with van der Waals surface area (Å²) in [6, 6.07) is 0. The van der Waals surface area contributed by atoms with Gasteiger partial charge in [-0.25, -0.2) is 0 Å². The highest BCUT2D eigenvalue weighted by Gasteiger charge is 1.88. The monoisotopic (exact) mass is 176 g/mol. The second-order valence-electron chi connectivity index (χ2n) is 1.91. The molecular weight excluding hydrogens is 168 g/mol. The van der Waals surface area contributed by atoms with E-state index in [1.54, 1.807) is 0 Å². The zero-order chi connectivity index (χ0) is 6.57. The van der Waals surface area contributed by atoms with Crippen molar-refractivity contribution in [2.75, 3.05) is 0 Å². The SMILES string of the molecule is CC(C)/C=C(/Br)C=O. The van der Waals surface area contributed by atoms with Crippen molar-refractivity contribution in [2.24, 2.45) is 5.92 Å². The van der Waals surface area contributed by atoms with Crippen LogP contribution in [0.5, 0.6) is 0 Å². The first-order valence-corrected chi connectivity index (χ1v) is 3.28. The average Bonchev–Trinajstić information content (AvgIpc) is 1.65. The van der Waals surface area contributed by atoms with Gasteiger partial charge in [0.15, 0.2) is 6.29 Å². The lowest BCUT2D eigenvalue weighted by atomic mass is 10.2. The van der Waals surface area contributed by atoms with Gasteiger partial charge in [0.25, 0.3) is 0 Å². The standard InChI is InChI=1S/C6H9BrO/c1-5(2)3-6(7)4-8/h3-5H,1-2H3/b6-3+. The minimum absolute atomic E-state index is 0.439. The molecule has 0 aliphatic rings. The molecule has 0 saturated carbocycles. The van der Waals surface area contributed by atoms with Crippen LogP contribution in [-0.2, 0) is 4.79 Å². The third-order valence-electron chi connectivity index (χ3n) is 0.605. The summed E-state index contributed by atoms with van der Waals surface area (Å²) in [4.78, 5) is 9.93. The number of carbonyl (C=O) groups is 1. The van der Waals surface area contributed by atoms with Crippen molar-refractivity contribution >= 4 is 22.2 Å². The second kappa shape index (κ2) is 3.84. The molecule has 0 fully saturated rings. The fraction of sp³-hybridized carbons (Fsp3) is 0.500. The molecule has 46 valence electrons. The Labute approximate surface area is 57.9 Å². The van der Waals surface area contributed by atoms with Gasteiger partial charge in [0, 0.05) is 0 Å². The van der Waals surface area contributed by atoms with Crippen molar-refractivity contribution in [2.45, 2.75) is 13.8 Å². The molecule has 0 aromatic rings. The Hall–Kier alpha value is -0.110. The fourth-order valence-electron chi connectivity index (χ4n) is 0.358. The van der Waals surface area contributed by atoms with E-state index in [1.807, 2.05) is 19.9 Å². The third-order valence-corrected chi connectivity index (χ3v) is 1.06. The summed E-state index contributed by atoms with van der Waals surface area (Å²) in [6.07, 6.45) is 2.65. The van der Waals surface area contributed by atoms with Crippen LogP contribution in [-0.4, -0.2) is 6.29 Å². The largest absolute Gasteiger partial charge is 0.297 e. The normalized spacial score (nSPS) is 12.2. The van der Waals surface area contributed by atoms with Crippen LogP contribution in [0.1, 0.15) is 13.8 Å². The summed E-state index contributed by atoms with van der Waals surface area (Å²) in [5, 5.41) is 0. The zero-order valence-electron chi connectivity index (χ0n) is 5.02. The number of aldehydes is 1. The van der Waals surface area contributed by atoms with Gasteiger partial charge >= 0.3 is 0 Å². The zero-order valence-corrected chi connectivity index (χ0v) is 6.60. The summed E-state index contributed by atoms with van der Waals surface area (Å²) >= 11 is 3.07. The molecule has 0 radical (unpaired) electrons. The molecular formula is C6H9BrO. The highest BCUT2D eigenvalue weighted by Crippen LogP contribution is 2.05. The van der Waals surface area contributed by atoms with Gasteiger partial charge in [-0.2, -0.15) is 0 Å². The van der Waals surface area contributed by atoms with Gasteiger partial charge in [0.1, 0.15) is 0 Å². The maximum Gasteiger partial charge on any atom is 0.156 e. The molecule has 0 aromatic heterocycles. The van der Waals surface area contributed by atoms with E-state index in [-0.39, 0.29) is 0 Å². The predicted octanol–water partition coefficient (Wildman–Crippen LogP) is 2.12. The minimum Gasteiger partial charge on any atom is -0.297 e. The van der Waals surface area contributed by atoms with Gasteiger partial charge in [-0.3, -0.25) is 4.79 Å². The average molecular weight is 177 g/mol. The Morgan fingerprint density at radius 3 is 2.25 bits per heavy atom. The van der Waals surface area contributed by atoms with Gasteiger partial charge in [-0.1, -0.05) is 19.9 Å². The van der Waals surface area contributed by atoms with Crippen LogP contribution in [0.3, 0.4) is 0 Å². The van der Waals surface area contributed by atoms with E-state index in [4.69, 9.17) is 0 Å². The van der Waals surface area contributed by atoms with Crippen LogP contribution in [0.2, 0.25) is 0 Å². The number of carbonyl (C=O) groups excluding carboxylic acids is 1. The molecule has 0 aliphatic carbocycles. The van der Waals surface area contributed by atoms with E-state index in [2.05, 4.69) is 15.9 Å². The van der Waals surface area contributed by atoms with E-state index >= 15 is 0 Å². The molecule has 8 heavy (non-hydrogen) atoms. The van der Waals surface area contributed by atoms with Crippen LogP contribution in [0.15, 0.2) is 10.6 Å². The van der Waals surface area contributed by atoms with Crippen LogP contribution < -0.4 is 0 Å². The van der Waals surface area contributed by atoms with Crippen LogP contribution in [0.4, 0.5) is 0 Å². The van der Waals surface area contributed by atoms with E-state index in [0.29, 0.717) is 10.4 Å².